The largest absolute Gasteiger partial charge is 0.0996 e. The minimum absolute atomic E-state index is 0.550. The molecule has 0 N–H and O–H groups in total. The molecule has 1 saturated carbocycles. The Kier molecular flexibility index (Phi) is 2.79. The molecule has 0 aliphatic heterocycles. The highest BCUT2D eigenvalue weighted by molar-refractivity contribution is 5.16. The molecule has 2 atom stereocenters. The van der Waals surface area contributed by atoms with Crippen LogP contribution < -0.4 is 0 Å². The van der Waals surface area contributed by atoms with Gasteiger partial charge in [0.05, 0.1) is 0 Å². The van der Waals surface area contributed by atoms with Gasteiger partial charge in [0.2, 0.25) is 0 Å². The highest BCUT2D eigenvalue weighted by Crippen LogP contribution is 2.56. The molecule has 0 heterocycles. The van der Waals surface area contributed by atoms with Crippen LogP contribution >= 0.6 is 0 Å². The Hall–Kier alpha value is -0.520. The van der Waals surface area contributed by atoms with E-state index in [0.717, 1.165) is 11.8 Å². The van der Waals surface area contributed by atoms with Crippen LogP contribution in [0.2, 0.25) is 0 Å². The molecule has 2 unspecified atom stereocenters. The summed E-state index contributed by atoms with van der Waals surface area (Å²) in [5.74, 6) is 1.68. The zero-order valence-corrected chi connectivity index (χ0v) is 10.5. The molecule has 0 bridgehead atoms. The van der Waals surface area contributed by atoms with Crippen molar-refractivity contribution in [2.75, 3.05) is 0 Å². The van der Waals surface area contributed by atoms with Crippen molar-refractivity contribution in [1.29, 1.82) is 0 Å². The zero-order chi connectivity index (χ0) is 11.1. The van der Waals surface area contributed by atoms with Gasteiger partial charge >= 0.3 is 0 Å². The fourth-order valence-corrected chi connectivity index (χ4v) is 3.37. The number of allylic oxidation sites excluding steroid dienone is 3. The number of fused-ring (bicyclic) bond motifs is 1. The third kappa shape index (κ3) is 2.04. The SMILES string of the molecule is C=C1CCC/C(C)=C\CC2C1CC2(C)C. The molecule has 15 heavy (non-hydrogen) atoms. The fraction of sp³-hybridized carbons (Fsp3) is 0.733. The second-order valence-corrected chi connectivity index (χ2v) is 6.20. The highest BCUT2D eigenvalue weighted by atomic mass is 14.5. The topological polar surface area (TPSA) is 0 Å². The van der Waals surface area contributed by atoms with Crippen LogP contribution in [-0.4, -0.2) is 0 Å². The smallest absolute Gasteiger partial charge is 0.0164 e. The second kappa shape index (κ2) is 3.81. The Morgan fingerprint density at radius 1 is 1.33 bits per heavy atom. The van der Waals surface area contributed by atoms with Gasteiger partial charge in [-0.2, -0.15) is 0 Å². The van der Waals surface area contributed by atoms with E-state index < -0.39 is 0 Å². The predicted molar refractivity (Wildman–Crippen MR) is 66.7 cm³/mol. The molecule has 0 nitrogen and oxygen atoms in total. The molecular formula is C15H24. The van der Waals surface area contributed by atoms with E-state index in [1.165, 1.54) is 37.7 Å². The molecule has 0 aromatic rings. The molecule has 0 radical (unpaired) electrons. The molecule has 2 rings (SSSR count). The summed E-state index contributed by atoms with van der Waals surface area (Å²) in [6, 6.07) is 0. The van der Waals surface area contributed by atoms with E-state index in [2.05, 4.69) is 33.4 Å². The highest BCUT2D eigenvalue weighted by Gasteiger charge is 2.47. The van der Waals surface area contributed by atoms with Crippen LogP contribution in [0.4, 0.5) is 0 Å². The summed E-state index contributed by atoms with van der Waals surface area (Å²) in [4.78, 5) is 0. The normalized spacial score (nSPS) is 38.9. The Bertz CT molecular complexity index is 293. The van der Waals surface area contributed by atoms with Gasteiger partial charge in [0.15, 0.2) is 0 Å². The zero-order valence-electron chi connectivity index (χ0n) is 10.5. The standard InChI is InChI=1S/C15H24/c1-11-6-5-7-12(2)13-10-15(3,4)14(13)9-8-11/h8,13-14H,2,5-7,9-10H2,1,3-4H3/b11-8-. The minimum Gasteiger partial charge on any atom is -0.0996 e. The van der Waals surface area contributed by atoms with Crippen LogP contribution in [0.1, 0.15) is 52.9 Å². The summed E-state index contributed by atoms with van der Waals surface area (Å²) in [7, 11) is 0. The molecular weight excluding hydrogens is 180 g/mol. The average Bonchev–Trinajstić information content (AvgIpc) is 2.18. The van der Waals surface area contributed by atoms with E-state index in [-0.39, 0.29) is 0 Å². The summed E-state index contributed by atoms with van der Waals surface area (Å²) < 4.78 is 0. The lowest BCUT2D eigenvalue weighted by Crippen LogP contribution is -2.44. The molecule has 0 amide bonds. The maximum absolute atomic E-state index is 4.31. The van der Waals surface area contributed by atoms with E-state index in [0.29, 0.717) is 5.41 Å². The quantitative estimate of drug-likeness (QED) is 0.501. The van der Waals surface area contributed by atoms with Crippen LogP contribution in [0, 0.1) is 17.3 Å². The van der Waals surface area contributed by atoms with Crippen LogP contribution in [0.25, 0.3) is 0 Å². The summed E-state index contributed by atoms with van der Waals surface area (Å²) in [5.41, 5.74) is 3.67. The molecule has 1 fully saturated rings. The van der Waals surface area contributed by atoms with Gasteiger partial charge in [0.1, 0.15) is 0 Å². The van der Waals surface area contributed by atoms with Gasteiger partial charge in [0.25, 0.3) is 0 Å². The molecule has 2 aliphatic carbocycles. The lowest BCUT2D eigenvalue weighted by Gasteiger charge is -2.52. The Labute approximate surface area is 94.5 Å². The Morgan fingerprint density at radius 3 is 2.73 bits per heavy atom. The number of hydrogen-bond donors (Lipinski definition) is 0. The van der Waals surface area contributed by atoms with E-state index in [1.54, 1.807) is 5.57 Å². The van der Waals surface area contributed by atoms with Crippen molar-refractivity contribution in [3.05, 3.63) is 23.8 Å². The summed E-state index contributed by atoms with van der Waals surface area (Å²) in [6.07, 6.45) is 8.97. The van der Waals surface area contributed by atoms with Crippen molar-refractivity contribution in [3.8, 4) is 0 Å². The second-order valence-electron chi connectivity index (χ2n) is 6.20. The van der Waals surface area contributed by atoms with Gasteiger partial charge in [-0.1, -0.05) is 37.6 Å². The maximum Gasteiger partial charge on any atom is -0.0164 e. The predicted octanol–water partition coefficient (Wildman–Crippen LogP) is 4.73. The maximum atomic E-state index is 4.31. The van der Waals surface area contributed by atoms with Crippen LogP contribution in [0.15, 0.2) is 23.8 Å². The fourth-order valence-electron chi connectivity index (χ4n) is 3.37. The van der Waals surface area contributed by atoms with Gasteiger partial charge in [-0.15, -0.1) is 0 Å². The van der Waals surface area contributed by atoms with Gasteiger partial charge in [-0.05, 0) is 56.3 Å². The van der Waals surface area contributed by atoms with Crippen LogP contribution in [-0.2, 0) is 0 Å². The average molecular weight is 204 g/mol. The molecule has 2 aliphatic rings. The first kappa shape index (κ1) is 11.0. The third-order valence-electron chi connectivity index (χ3n) is 4.55. The van der Waals surface area contributed by atoms with Gasteiger partial charge in [-0.3, -0.25) is 0 Å². The number of rotatable bonds is 0. The Morgan fingerprint density at radius 2 is 2.07 bits per heavy atom. The van der Waals surface area contributed by atoms with E-state index in [1.807, 2.05) is 0 Å². The summed E-state index contributed by atoms with van der Waals surface area (Å²) in [5, 5.41) is 0. The minimum atomic E-state index is 0.550. The Balaban J connectivity index is 2.15. The first-order chi connectivity index (χ1) is 7.00. The van der Waals surface area contributed by atoms with Crippen molar-refractivity contribution < 1.29 is 0 Å². The summed E-state index contributed by atoms with van der Waals surface area (Å²) >= 11 is 0. The van der Waals surface area contributed by atoms with Crippen LogP contribution in [0.5, 0.6) is 0 Å². The molecule has 0 saturated heterocycles. The van der Waals surface area contributed by atoms with Crippen molar-refractivity contribution in [2.24, 2.45) is 17.3 Å². The van der Waals surface area contributed by atoms with E-state index >= 15 is 0 Å². The van der Waals surface area contributed by atoms with Crippen molar-refractivity contribution in [2.45, 2.75) is 52.9 Å². The van der Waals surface area contributed by atoms with E-state index in [9.17, 15) is 0 Å². The molecule has 84 valence electrons. The molecule has 0 heteroatoms. The monoisotopic (exact) mass is 204 g/mol. The number of hydrogen-bond acceptors (Lipinski definition) is 0. The van der Waals surface area contributed by atoms with Crippen molar-refractivity contribution >= 4 is 0 Å². The van der Waals surface area contributed by atoms with Gasteiger partial charge in [0, 0.05) is 0 Å². The van der Waals surface area contributed by atoms with E-state index in [4.69, 9.17) is 0 Å². The molecule has 0 aromatic carbocycles. The van der Waals surface area contributed by atoms with Crippen LogP contribution in [0.3, 0.4) is 0 Å². The summed E-state index contributed by atoms with van der Waals surface area (Å²) in [6.45, 7) is 11.4. The van der Waals surface area contributed by atoms with Gasteiger partial charge in [-0.25, -0.2) is 0 Å². The lowest BCUT2D eigenvalue weighted by atomic mass is 9.52. The van der Waals surface area contributed by atoms with Crippen molar-refractivity contribution in [1.82, 2.24) is 0 Å². The third-order valence-corrected chi connectivity index (χ3v) is 4.55. The lowest BCUT2D eigenvalue weighted by molar-refractivity contribution is 0.0121. The molecule has 0 aromatic heterocycles. The first-order valence-electron chi connectivity index (χ1n) is 6.34. The van der Waals surface area contributed by atoms with Crippen molar-refractivity contribution in [3.63, 3.8) is 0 Å². The van der Waals surface area contributed by atoms with Gasteiger partial charge < -0.3 is 0 Å². The first-order valence-corrected chi connectivity index (χ1v) is 6.34. The molecule has 0 spiro atoms.